The number of hydrogen-bond donors (Lipinski definition) is 0. The Morgan fingerprint density at radius 2 is 0.931 bits per heavy atom. The fraction of sp³-hybridized carbons (Fsp3) is 0. The second-order valence-electron chi connectivity index (χ2n) is 15.0. The lowest BCUT2D eigenvalue weighted by Crippen LogP contribution is -2.03. The normalized spacial score (nSPS) is 11.8. The van der Waals surface area contributed by atoms with E-state index < -0.39 is 0 Å². The van der Waals surface area contributed by atoms with Gasteiger partial charge in [-0.15, -0.1) is 0 Å². The van der Waals surface area contributed by atoms with Crippen LogP contribution in [0.3, 0.4) is 0 Å². The Bertz CT molecular complexity index is 3580. The van der Waals surface area contributed by atoms with Crippen molar-refractivity contribution in [3.05, 3.63) is 200 Å². The van der Waals surface area contributed by atoms with Crippen LogP contribution in [0.5, 0.6) is 0 Å². The molecule has 0 atom stereocenters. The van der Waals surface area contributed by atoms with E-state index in [1.54, 1.807) is 0 Å². The molecule has 0 radical (unpaired) electrons. The van der Waals surface area contributed by atoms with Crippen LogP contribution < -0.4 is 0 Å². The van der Waals surface area contributed by atoms with Gasteiger partial charge in [0, 0.05) is 32.5 Å². The van der Waals surface area contributed by atoms with Gasteiger partial charge in [0.25, 0.3) is 0 Å². The summed E-state index contributed by atoms with van der Waals surface area (Å²) in [5.74, 6) is 0.635. The highest BCUT2D eigenvalue weighted by atomic mass is 16.3. The average Bonchev–Trinajstić information content (AvgIpc) is 3.84. The van der Waals surface area contributed by atoms with Crippen molar-refractivity contribution >= 4 is 65.4 Å². The quantitative estimate of drug-likeness (QED) is 0.177. The van der Waals surface area contributed by atoms with Gasteiger partial charge in [-0.2, -0.15) is 0 Å². The van der Waals surface area contributed by atoms with Gasteiger partial charge in [-0.3, -0.25) is 4.57 Å². The van der Waals surface area contributed by atoms with Crippen LogP contribution in [0.1, 0.15) is 0 Å². The molecule has 0 fully saturated rings. The summed E-state index contributed by atoms with van der Waals surface area (Å²) in [5.41, 5.74) is 13.6. The predicted octanol–water partition coefficient (Wildman–Crippen LogP) is 14.4. The third-order valence-corrected chi connectivity index (χ3v) is 11.6. The van der Waals surface area contributed by atoms with Gasteiger partial charge >= 0.3 is 0 Å². The largest absolute Gasteiger partial charge is 0.456 e. The second-order valence-corrected chi connectivity index (χ2v) is 15.0. The smallest absolute Gasteiger partial charge is 0.235 e. The number of benzene rings is 9. The fourth-order valence-corrected chi connectivity index (χ4v) is 8.76. The second kappa shape index (κ2) is 12.9. The first kappa shape index (κ1) is 32.4. The van der Waals surface area contributed by atoms with E-state index >= 15 is 0 Å². The minimum atomic E-state index is 0.635. The Morgan fingerprint density at radius 1 is 0.328 bits per heavy atom. The molecule has 12 aromatic rings. The Balaban J connectivity index is 1.06. The third-order valence-electron chi connectivity index (χ3n) is 11.6. The lowest BCUT2D eigenvalue weighted by Gasteiger charge is -2.15. The molecule has 0 saturated heterocycles. The lowest BCUT2D eigenvalue weighted by atomic mass is 9.93. The summed E-state index contributed by atoms with van der Waals surface area (Å²) in [6, 6.07) is 71.1. The van der Waals surface area contributed by atoms with Gasteiger partial charge in [0.15, 0.2) is 0 Å². The van der Waals surface area contributed by atoms with Crippen LogP contribution in [0.2, 0.25) is 0 Å². The van der Waals surface area contributed by atoms with Crippen molar-refractivity contribution in [1.29, 1.82) is 0 Å². The van der Waals surface area contributed by atoms with Crippen LogP contribution in [-0.2, 0) is 0 Å². The Hall–Kier alpha value is -7.82. The highest BCUT2D eigenvalue weighted by Gasteiger charge is 2.19. The molecule has 4 nitrogen and oxygen atoms in total. The number of nitrogens with zero attached hydrogens (tertiary/aromatic N) is 3. The summed E-state index contributed by atoms with van der Waals surface area (Å²) >= 11 is 0. The summed E-state index contributed by atoms with van der Waals surface area (Å²) in [6.07, 6.45) is 0. The molecule has 0 amide bonds. The fourth-order valence-electron chi connectivity index (χ4n) is 8.76. The molecule has 0 bridgehead atoms. The van der Waals surface area contributed by atoms with Crippen molar-refractivity contribution in [2.24, 2.45) is 0 Å². The molecule has 4 heteroatoms. The van der Waals surface area contributed by atoms with Crippen molar-refractivity contribution in [3.63, 3.8) is 0 Å². The first-order valence-electron chi connectivity index (χ1n) is 19.6. The SMILES string of the molecule is c1ccc(-c2cc(-c3ccc4ccccc4c3)cc(-c3nc(-n4c5ccccc5c5cc(-c6ccc7oc8ccccc8c7c6)ccc54)nc4ccccc34)c2)cc1. The maximum atomic E-state index is 6.15. The monoisotopic (exact) mass is 739 g/mol. The first-order chi connectivity index (χ1) is 28.7. The van der Waals surface area contributed by atoms with E-state index in [9.17, 15) is 0 Å². The average molecular weight is 740 g/mol. The summed E-state index contributed by atoms with van der Waals surface area (Å²) in [6.45, 7) is 0. The Labute approximate surface area is 333 Å². The summed E-state index contributed by atoms with van der Waals surface area (Å²) < 4.78 is 8.38. The van der Waals surface area contributed by atoms with Crippen LogP contribution in [0, 0.1) is 0 Å². The third kappa shape index (κ3) is 5.23. The molecule has 3 heterocycles. The van der Waals surface area contributed by atoms with Crippen LogP contribution in [-0.4, -0.2) is 14.5 Å². The molecule has 0 aliphatic heterocycles. The van der Waals surface area contributed by atoms with Crippen LogP contribution >= 0.6 is 0 Å². The molecule has 0 spiro atoms. The molecule has 0 saturated carbocycles. The highest BCUT2D eigenvalue weighted by Crippen LogP contribution is 2.39. The topological polar surface area (TPSA) is 43.9 Å². The molecular formula is C54H33N3O. The molecule has 9 aromatic carbocycles. The molecule has 12 rings (SSSR count). The van der Waals surface area contributed by atoms with Crippen LogP contribution in [0.25, 0.3) is 116 Å². The molecule has 0 aliphatic rings. The van der Waals surface area contributed by atoms with E-state index in [1.807, 2.05) is 12.1 Å². The van der Waals surface area contributed by atoms with E-state index in [-0.39, 0.29) is 0 Å². The van der Waals surface area contributed by atoms with E-state index in [4.69, 9.17) is 14.4 Å². The van der Waals surface area contributed by atoms with Gasteiger partial charge in [-0.05, 0) is 111 Å². The molecular weight excluding hydrogens is 707 g/mol. The van der Waals surface area contributed by atoms with Gasteiger partial charge < -0.3 is 4.42 Å². The van der Waals surface area contributed by atoms with Gasteiger partial charge in [0.1, 0.15) is 11.2 Å². The van der Waals surface area contributed by atoms with Crippen molar-refractivity contribution in [1.82, 2.24) is 14.5 Å². The van der Waals surface area contributed by atoms with E-state index in [0.717, 1.165) is 99.3 Å². The number of rotatable bonds is 5. The van der Waals surface area contributed by atoms with Gasteiger partial charge in [0.05, 0.1) is 22.2 Å². The molecule has 0 aliphatic carbocycles. The predicted molar refractivity (Wildman–Crippen MR) is 240 cm³/mol. The zero-order valence-corrected chi connectivity index (χ0v) is 31.3. The van der Waals surface area contributed by atoms with Crippen molar-refractivity contribution in [3.8, 4) is 50.6 Å². The highest BCUT2D eigenvalue weighted by molar-refractivity contribution is 6.11. The minimum Gasteiger partial charge on any atom is -0.456 e. The lowest BCUT2D eigenvalue weighted by molar-refractivity contribution is 0.669. The zero-order chi connectivity index (χ0) is 38.2. The summed E-state index contributed by atoms with van der Waals surface area (Å²) in [4.78, 5) is 10.8. The molecule has 0 unspecified atom stereocenters. The number of furan rings is 1. The molecule has 270 valence electrons. The first-order valence-corrected chi connectivity index (χ1v) is 19.6. The molecule has 0 N–H and O–H groups in total. The van der Waals surface area contributed by atoms with Crippen molar-refractivity contribution < 1.29 is 4.42 Å². The molecule has 58 heavy (non-hydrogen) atoms. The zero-order valence-electron chi connectivity index (χ0n) is 31.3. The van der Waals surface area contributed by atoms with E-state index in [1.165, 1.54) is 10.8 Å². The Kier molecular flexibility index (Phi) is 7.20. The van der Waals surface area contributed by atoms with Gasteiger partial charge in [-0.1, -0.05) is 133 Å². The Morgan fingerprint density at radius 3 is 1.81 bits per heavy atom. The van der Waals surface area contributed by atoms with Crippen LogP contribution in [0.15, 0.2) is 205 Å². The summed E-state index contributed by atoms with van der Waals surface area (Å²) in [7, 11) is 0. The molecule has 3 aromatic heterocycles. The maximum Gasteiger partial charge on any atom is 0.235 e. The van der Waals surface area contributed by atoms with E-state index in [2.05, 4.69) is 193 Å². The van der Waals surface area contributed by atoms with Crippen LogP contribution in [0.4, 0.5) is 0 Å². The van der Waals surface area contributed by atoms with Gasteiger partial charge in [-0.25, -0.2) is 9.97 Å². The van der Waals surface area contributed by atoms with Crippen molar-refractivity contribution in [2.75, 3.05) is 0 Å². The van der Waals surface area contributed by atoms with Crippen molar-refractivity contribution in [2.45, 2.75) is 0 Å². The minimum absolute atomic E-state index is 0.635. The standard InChI is InChI=1S/C54H33N3O/c1-2-12-34(13-3-1)40-29-41(37-23-22-35-14-4-5-15-36(35)28-37)31-42(30-40)53-45-18-6-9-19-48(45)55-54(56-53)57-49-20-10-7-16-43(49)46-32-38(24-26-50(46)57)39-25-27-52-47(33-39)44-17-8-11-21-51(44)58-52/h1-33H. The maximum absolute atomic E-state index is 6.15. The number of para-hydroxylation sites is 3. The number of hydrogen-bond acceptors (Lipinski definition) is 3. The number of fused-ring (bicyclic) bond motifs is 8. The van der Waals surface area contributed by atoms with Gasteiger partial charge in [0.2, 0.25) is 5.95 Å². The number of aromatic nitrogens is 3. The van der Waals surface area contributed by atoms with E-state index in [0.29, 0.717) is 5.95 Å². The summed E-state index contributed by atoms with van der Waals surface area (Å²) in [5, 5.41) is 7.99.